The largest absolute Gasteiger partial charge is 0.491 e. The van der Waals surface area contributed by atoms with Gasteiger partial charge in [-0.3, -0.25) is 0 Å². The van der Waals surface area contributed by atoms with Gasteiger partial charge in [-0.1, -0.05) is 0 Å². The van der Waals surface area contributed by atoms with Gasteiger partial charge < -0.3 is 114 Å². The molecule has 0 amide bonds. The van der Waals surface area contributed by atoms with Crippen molar-refractivity contribution in [1.29, 1.82) is 0 Å². The van der Waals surface area contributed by atoms with Crippen LogP contribution in [0.5, 0.6) is 69.0 Å². The van der Waals surface area contributed by atoms with Gasteiger partial charge >= 0.3 is 0 Å². The average molecular weight is 1310 g/mol. The zero-order valence-corrected chi connectivity index (χ0v) is 52.6. The molecular formula is C70H80O24. The van der Waals surface area contributed by atoms with E-state index in [1.165, 1.54) is 0 Å². The number of hydrogen-bond acceptors (Lipinski definition) is 24. The standard InChI is InChI=1S/C70H80O24/c1-39(71-9-43-13-75-43)2-56(88-26-48-18-80-48)63(55(1)87-25-47-17-79-47)67-33-68(64-57(89-27-49-19-81-49)3-40(72-10-44-14-76-44)4-58(64)90-28-50-20-82-50)36-69(34-67,65-59(91-29-51-21-83-51)5-41(73-11-45-15-77-45)6-60(65)92-30-52-22-84-52)38-70(35-67,37-68)66-61(93-31-53-23-85-53)7-42(74-12-46-16-78-46)8-62(66)94-32-54-24-86-54/h1-8,43-54H,9-38H2. The van der Waals surface area contributed by atoms with E-state index in [1.54, 1.807) is 0 Å². The van der Waals surface area contributed by atoms with Gasteiger partial charge in [0.25, 0.3) is 0 Å². The van der Waals surface area contributed by atoms with E-state index in [0.717, 1.165) is 22.3 Å². The van der Waals surface area contributed by atoms with Crippen LogP contribution in [0.2, 0.25) is 0 Å². The highest BCUT2D eigenvalue weighted by Gasteiger charge is 2.73. The fourth-order valence-electron chi connectivity index (χ4n) is 15.5. The molecule has 0 spiro atoms. The summed E-state index contributed by atoms with van der Waals surface area (Å²) in [5, 5.41) is 0. The van der Waals surface area contributed by atoms with Crippen LogP contribution in [0.1, 0.15) is 60.8 Å². The van der Waals surface area contributed by atoms with E-state index in [4.69, 9.17) is 114 Å². The zero-order chi connectivity index (χ0) is 62.0. The first kappa shape index (κ1) is 59.3. The van der Waals surface area contributed by atoms with E-state index in [-0.39, 0.29) is 73.2 Å². The summed E-state index contributed by atoms with van der Waals surface area (Å²) in [7, 11) is 0. The molecule has 4 aliphatic carbocycles. The van der Waals surface area contributed by atoms with Crippen LogP contribution < -0.4 is 56.8 Å². The summed E-state index contributed by atoms with van der Waals surface area (Å²) in [5.41, 5.74) is -0.0402. The Morgan fingerprint density at radius 3 is 0.436 bits per heavy atom. The van der Waals surface area contributed by atoms with Crippen molar-refractivity contribution in [3.8, 4) is 69.0 Å². The highest BCUT2D eigenvalue weighted by atomic mass is 16.7. The molecule has 4 aromatic carbocycles. The maximum Gasteiger partial charge on any atom is 0.130 e. The second-order valence-electron chi connectivity index (χ2n) is 28.6. The molecule has 12 unspecified atom stereocenters. The van der Waals surface area contributed by atoms with Gasteiger partial charge in [-0.25, -0.2) is 0 Å². The van der Waals surface area contributed by atoms with Gasteiger partial charge in [0.15, 0.2) is 0 Å². The number of ether oxygens (including phenoxy) is 24. The Bertz CT molecular complexity index is 2830. The maximum absolute atomic E-state index is 7.31. The van der Waals surface area contributed by atoms with E-state index >= 15 is 0 Å². The van der Waals surface area contributed by atoms with Crippen molar-refractivity contribution < 1.29 is 114 Å². The van der Waals surface area contributed by atoms with Gasteiger partial charge in [-0.2, -0.15) is 0 Å². The topological polar surface area (TPSA) is 261 Å². The molecule has 4 bridgehead atoms. The van der Waals surface area contributed by atoms with Crippen LogP contribution in [0.15, 0.2) is 48.5 Å². The molecule has 12 saturated heterocycles. The second-order valence-corrected chi connectivity index (χ2v) is 28.6. The predicted octanol–water partition coefficient (Wildman–Crippen LogP) is 5.45. The van der Waals surface area contributed by atoms with Crippen molar-refractivity contribution in [1.82, 2.24) is 0 Å². The molecule has 94 heavy (non-hydrogen) atoms. The van der Waals surface area contributed by atoms with Crippen LogP contribution in [0, 0.1) is 0 Å². The molecule has 24 nitrogen and oxygen atoms in total. The maximum atomic E-state index is 7.31. The first-order chi connectivity index (χ1) is 46.2. The average Bonchev–Trinajstić information content (AvgIpc) is 1.47. The molecule has 16 fully saturated rings. The van der Waals surface area contributed by atoms with E-state index in [2.05, 4.69) is 0 Å². The number of rotatable bonds is 40. The summed E-state index contributed by atoms with van der Waals surface area (Å²) in [6.07, 6.45) is 2.42. The lowest BCUT2D eigenvalue weighted by atomic mass is 9.31. The molecule has 0 radical (unpaired) electrons. The van der Waals surface area contributed by atoms with Gasteiger partial charge in [-0.05, 0) is 38.5 Å². The Labute approximate surface area is 543 Å². The summed E-state index contributed by atoms with van der Waals surface area (Å²) in [6.45, 7) is 11.0. The molecule has 504 valence electrons. The molecule has 0 aromatic heterocycles. The Balaban J connectivity index is 0.889. The third kappa shape index (κ3) is 13.6. The van der Waals surface area contributed by atoms with Crippen LogP contribution in [0.4, 0.5) is 0 Å². The molecule has 16 aliphatic rings. The summed E-state index contributed by atoms with van der Waals surface area (Å²) >= 11 is 0. The van der Waals surface area contributed by atoms with Crippen LogP contribution in [-0.4, -0.2) is 232 Å². The summed E-state index contributed by atoms with van der Waals surface area (Å²) in [4.78, 5) is 0. The lowest BCUT2D eigenvalue weighted by Gasteiger charge is -2.71. The summed E-state index contributed by atoms with van der Waals surface area (Å²) in [5.74, 6) is 7.38. The first-order valence-corrected chi connectivity index (χ1v) is 33.9. The number of epoxide rings is 12. The third-order valence-electron chi connectivity index (χ3n) is 20.3. The Morgan fingerprint density at radius 2 is 0.319 bits per heavy atom. The zero-order valence-electron chi connectivity index (χ0n) is 52.6. The van der Waals surface area contributed by atoms with Crippen molar-refractivity contribution in [2.75, 3.05) is 159 Å². The van der Waals surface area contributed by atoms with E-state index in [0.29, 0.717) is 266 Å². The third-order valence-corrected chi connectivity index (χ3v) is 20.3. The van der Waals surface area contributed by atoms with Gasteiger partial charge in [0.1, 0.15) is 222 Å². The fourth-order valence-corrected chi connectivity index (χ4v) is 15.5. The highest BCUT2D eigenvalue weighted by Crippen LogP contribution is 2.79. The van der Waals surface area contributed by atoms with E-state index < -0.39 is 21.7 Å². The van der Waals surface area contributed by atoms with Crippen LogP contribution >= 0.6 is 0 Å². The molecule has 24 heteroatoms. The predicted molar refractivity (Wildman–Crippen MR) is 323 cm³/mol. The fraction of sp³-hybridized carbons (Fsp3) is 0.657. The minimum Gasteiger partial charge on any atom is -0.491 e. The molecule has 4 saturated carbocycles. The van der Waals surface area contributed by atoms with Gasteiger partial charge in [0.2, 0.25) is 0 Å². The first-order valence-electron chi connectivity index (χ1n) is 33.9. The summed E-state index contributed by atoms with van der Waals surface area (Å²) < 4.78 is 156. The lowest BCUT2D eigenvalue weighted by molar-refractivity contribution is -0.0750. The van der Waals surface area contributed by atoms with Crippen molar-refractivity contribution in [3.05, 3.63) is 70.8 Å². The number of benzene rings is 4. The van der Waals surface area contributed by atoms with E-state index in [9.17, 15) is 0 Å². The minimum atomic E-state index is -0.906. The molecule has 20 rings (SSSR count). The molecule has 12 heterocycles. The Hall–Kier alpha value is -6.00. The lowest BCUT2D eigenvalue weighted by Crippen LogP contribution is -2.67. The Kier molecular flexibility index (Phi) is 15.1. The van der Waals surface area contributed by atoms with Crippen LogP contribution in [-0.2, 0) is 78.5 Å². The molecule has 4 aromatic rings. The monoisotopic (exact) mass is 1300 g/mol. The minimum absolute atomic E-state index is 0.0188. The van der Waals surface area contributed by atoms with Gasteiger partial charge in [-0.15, -0.1) is 0 Å². The Morgan fingerprint density at radius 1 is 0.202 bits per heavy atom. The van der Waals surface area contributed by atoms with Gasteiger partial charge in [0, 0.05) is 92.4 Å². The second kappa shape index (κ2) is 23.9. The van der Waals surface area contributed by atoms with Crippen LogP contribution in [0.25, 0.3) is 0 Å². The van der Waals surface area contributed by atoms with E-state index in [1.807, 2.05) is 48.5 Å². The molecule has 0 N–H and O–H groups in total. The SMILES string of the molecule is c1c(OCC2CO2)cc(OCC2CO2)c(C23CC4(c5c(OCC6CO6)cc(OCC6CO6)cc5OCC5CO5)CC(c5c(OCC6CO6)cc(OCC6CO6)cc5OCC5CO5)(C2)CC(c2c(OCC5CO5)cc(OCC5CO5)cc2OCC2CO2)(C3)C4)c1OCC1CO1. The summed E-state index contributed by atoms with van der Waals surface area (Å²) in [6, 6.07) is 16.4. The van der Waals surface area contributed by atoms with Crippen molar-refractivity contribution in [3.63, 3.8) is 0 Å². The van der Waals surface area contributed by atoms with Crippen molar-refractivity contribution >= 4 is 0 Å². The van der Waals surface area contributed by atoms with Crippen molar-refractivity contribution in [2.24, 2.45) is 0 Å². The van der Waals surface area contributed by atoms with Crippen LogP contribution in [0.3, 0.4) is 0 Å². The normalized spacial score (nSPS) is 35.9. The highest BCUT2D eigenvalue weighted by molar-refractivity contribution is 5.67. The van der Waals surface area contributed by atoms with Crippen molar-refractivity contribution in [2.45, 2.75) is 133 Å². The quantitative estimate of drug-likeness (QED) is 0.0501. The smallest absolute Gasteiger partial charge is 0.130 e. The molecular weight excluding hydrogens is 1220 g/mol. The molecule has 12 aliphatic heterocycles. The molecule has 12 atom stereocenters. The van der Waals surface area contributed by atoms with Gasteiger partial charge in [0.05, 0.1) is 79.3 Å². The number of hydrogen-bond donors (Lipinski definition) is 0.